The molecule has 1 heterocycles. The normalized spacial score (nSPS) is 20.3. The van der Waals surface area contributed by atoms with Crippen molar-refractivity contribution in [3.8, 4) is 0 Å². The smallest absolute Gasteiger partial charge is 0.397 e. The van der Waals surface area contributed by atoms with Crippen molar-refractivity contribution in [2.24, 2.45) is 0 Å². The maximum absolute atomic E-state index is 12.9. The van der Waals surface area contributed by atoms with E-state index in [1.807, 2.05) is 0 Å². The lowest BCUT2D eigenvalue weighted by molar-refractivity contribution is -0.301. The first-order chi connectivity index (χ1) is 29.6. The summed E-state index contributed by atoms with van der Waals surface area (Å²) < 4.78 is 59.2. The summed E-state index contributed by atoms with van der Waals surface area (Å²) in [5.74, 6) is -0.404. The first kappa shape index (κ1) is 57.6. The van der Waals surface area contributed by atoms with Gasteiger partial charge in [0, 0.05) is 13.0 Å². The Morgan fingerprint density at radius 2 is 1.08 bits per heavy atom. The van der Waals surface area contributed by atoms with Crippen LogP contribution in [0.25, 0.3) is 0 Å². The minimum atomic E-state index is -5.06. The Morgan fingerprint density at radius 3 is 1.57 bits per heavy atom. The first-order valence-corrected chi connectivity index (χ1v) is 26.0. The molecule has 12 nitrogen and oxygen atoms in total. The van der Waals surface area contributed by atoms with Gasteiger partial charge < -0.3 is 34.3 Å². The third kappa shape index (κ3) is 33.7. The molecule has 0 aromatic rings. The second kappa shape index (κ2) is 40.1. The van der Waals surface area contributed by atoms with Crippen LogP contribution in [0, 0.1) is 0 Å². The van der Waals surface area contributed by atoms with E-state index in [4.69, 9.17) is 18.9 Å². The molecule has 13 heteroatoms. The number of esters is 1. The Kier molecular flexibility index (Phi) is 37.9. The zero-order chi connectivity index (χ0) is 44.7. The number of aliphatic hydroxyl groups is 3. The molecule has 1 fully saturated rings. The summed E-state index contributed by atoms with van der Waals surface area (Å²) >= 11 is 0. The van der Waals surface area contributed by atoms with Gasteiger partial charge in [-0.05, 0) is 44.9 Å². The molecular weight excluding hydrogens is 801 g/mol. The standard InChI is InChI=1S/C48H90O12S/c1-3-5-7-9-11-13-15-17-19-21-22-23-25-27-29-31-33-35-37-44(50)58-42(41-57-48-46(52)47(60-61(53,54)55)45(51)43(39-49)59-48)40-56-38-36-34-32-30-28-26-24-20-18-16-14-12-10-8-6-4-2/h13,15,19,21,42-43,45-49,51-52H,3-12,14,16-18,20,22-41H2,1-2H3,(H,53,54,55)/b15-13-,21-19-. The van der Waals surface area contributed by atoms with Gasteiger partial charge in [-0.25, -0.2) is 4.18 Å². The molecule has 6 atom stereocenters. The van der Waals surface area contributed by atoms with Crippen LogP contribution < -0.4 is 0 Å². The number of carbonyl (C=O) groups excluding carboxylic acids is 1. The van der Waals surface area contributed by atoms with Crippen LogP contribution in [0.3, 0.4) is 0 Å². The van der Waals surface area contributed by atoms with Crippen LogP contribution in [0.1, 0.15) is 213 Å². The van der Waals surface area contributed by atoms with Crippen molar-refractivity contribution in [1.82, 2.24) is 0 Å². The maximum Gasteiger partial charge on any atom is 0.397 e. The highest BCUT2D eigenvalue weighted by Crippen LogP contribution is 2.26. The zero-order valence-electron chi connectivity index (χ0n) is 38.5. The number of carbonyl (C=O) groups is 1. The average Bonchev–Trinajstić information content (AvgIpc) is 3.23. The van der Waals surface area contributed by atoms with Crippen LogP contribution in [0.15, 0.2) is 24.3 Å². The lowest BCUT2D eigenvalue weighted by Crippen LogP contribution is -2.60. The summed E-state index contributed by atoms with van der Waals surface area (Å²) in [4.78, 5) is 12.9. The first-order valence-electron chi connectivity index (χ1n) is 24.6. The highest BCUT2D eigenvalue weighted by Gasteiger charge is 2.48. The fourth-order valence-corrected chi connectivity index (χ4v) is 8.09. The van der Waals surface area contributed by atoms with Gasteiger partial charge in [-0.2, -0.15) is 8.42 Å². The van der Waals surface area contributed by atoms with Crippen LogP contribution in [-0.2, 0) is 38.3 Å². The van der Waals surface area contributed by atoms with E-state index >= 15 is 0 Å². The number of unbranched alkanes of at least 4 members (excludes halogenated alkanes) is 26. The Hall–Kier alpha value is -1.42. The zero-order valence-corrected chi connectivity index (χ0v) is 39.3. The monoisotopic (exact) mass is 891 g/mol. The van der Waals surface area contributed by atoms with Gasteiger partial charge in [-0.1, -0.05) is 186 Å². The lowest BCUT2D eigenvalue weighted by Gasteiger charge is -2.41. The predicted molar refractivity (Wildman–Crippen MR) is 244 cm³/mol. The molecule has 4 N–H and O–H groups in total. The van der Waals surface area contributed by atoms with Gasteiger partial charge >= 0.3 is 16.4 Å². The summed E-state index contributed by atoms with van der Waals surface area (Å²) in [5, 5.41) is 30.7. The minimum Gasteiger partial charge on any atom is -0.457 e. The third-order valence-electron chi connectivity index (χ3n) is 11.3. The summed E-state index contributed by atoms with van der Waals surface area (Å²) in [5.41, 5.74) is 0. The van der Waals surface area contributed by atoms with Gasteiger partial charge in [0.25, 0.3) is 0 Å². The van der Waals surface area contributed by atoms with Crippen molar-refractivity contribution in [2.75, 3.05) is 26.4 Å². The van der Waals surface area contributed by atoms with Crippen molar-refractivity contribution in [3.05, 3.63) is 24.3 Å². The quantitative estimate of drug-likeness (QED) is 0.0197. The molecule has 0 spiro atoms. The molecule has 0 amide bonds. The van der Waals surface area contributed by atoms with Crippen LogP contribution >= 0.6 is 0 Å². The van der Waals surface area contributed by atoms with Gasteiger partial charge in [0.1, 0.15) is 30.5 Å². The molecule has 1 aliphatic rings. The topological polar surface area (TPSA) is 178 Å². The van der Waals surface area contributed by atoms with Crippen LogP contribution in [-0.4, -0.2) is 97.5 Å². The van der Waals surface area contributed by atoms with E-state index in [1.165, 1.54) is 135 Å². The van der Waals surface area contributed by atoms with Crippen molar-refractivity contribution in [3.63, 3.8) is 0 Å². The highest BCUT2D eigenvalue weighted by atomic mass is 32.3. The Bertz CT molecular complexity index is 1170. The van der Waals surface area contributed by atoms with Crippen LogP contribution in [0.5, 0.6) is 0 Å². The van der Waals surface area contributed by atoms with E-state index in [2.05, 4.69) is 42.3 Å². The number of allylic oxidation sites excluding steroid dienone is 4. The molecule has 1 rings (SSSR count). The van der Waals surface area contributed by atoms with Gasteiger partial charge in [0.15, 0.2) is 6.29 Å². The molecule has 61 heavy (non-hydrogen) atoms. The highest BCUT2D eigenvalue weighted by molar-refractivity contribution is 7.80. The fraction of sp³-hybridized carbons (Fsp3) is 0.896. The minimum absolute atomic E-state index is 0.0370. The van der Waals surface area contributed by atoms with Gasteiger partial charge in [0.05, 0.1) is 19.8 Å². The summed E-state index contributed by atoms with van der Waals surface area (Å²) in [6, 6.07) is 0. The number of rotatable bonds is 43. The van der Waals surface area contributed by atoms with Gasteiger partial charge in [-0.3, -0.25) is 9.35 Å². The van der Waals surface area contributed by atoms with E-state index in [-0.39, 0.29) is 19.6 Å². The van der Waals surface area contributed by atoms with E-state index in [0.29, 0.717) is 13.0 Å². The second-order valence-corrected chi connectivity index (χ2v) is 18.1. The molecule has 1 saturated heterocycles. The molecule has 0 saturated carbocycles. The van der Waals surface area contributed by atoms with Gasteiger partial charge in [-0.15, -0.1) is 0 Å². The number of ether oxygens (including phenoxy) is 4. The maximum atomic E-state index is 12.9. The van der Waals surface area contributed by atoms with Crippen molar-refractivity contribution in [2.45, 2.75) is 250 Å². The molecule has 1 aliphatic heterocycles. The van der Waals surface area contributed by atoms with Crippen molar-refractivity contribution in [1.29, 1.82) is 0 Å². The molecule has 0 aliphatic carbocycles. The van der Waals surface area contributed by atoms with E-state index in [9.17, 15) is 33.1 Å². The van der Waals surface area contributed by atoms with Crippen LogP contribution in [0.4, 0.5) is 0 Å². The molecular formula is C48H90O12S. The predicted octanol–water partition coefficient (Wildman–Crippen LogP) is 10.8. The number of hydrogen-bond acceptors (Lipinski definition) is 11. The second-order valence-electron chi connectivity index (χ2n) is 17.1. The molecule has 0 bridgehead atoms. The summed E-state index contributed by atoms with van der Waals surface area (Å²) in [6.07, 6.45) is 36.3. The van der Waals surface area contributed by atoms with E-state index in [0.717, 1.165) is 51.4 Å². The number of hydrogen-bond donors (Lipinski definition) is 4. The fourth-order valence-electron chi connectivity index (χ4n) is 7.59. The lowest BCUT2D eigenvalue weighted by atomic mass is 9.99. The van der Waals surface area contributed by atoms with Crippen LogP contribution in [0.2, 0.25) is 0 Å². The largest absolute Gasteiger partial charge is 0.457 e. The number of aliphatic hydroxyl groups excluding tert-OH is 3. The molecule has 0 aromatic carbocycles. The van der Waals surface area contributed by atoms with E-state index in [1.54, 1.807) is 0 Å². The Balaban J connectivity index is 2.39. The summed E-state index contributed by atoms with van der Waals surface area (Å²) in [6.45, 7) is 4.00. The molecule has 0 aromatic heterocycles. The SMILES string of the molecule is CCCCCC/C=C\C/C=C\CCCCCCCCCC(=O)OC(COCCCCCCCCCCCCCCCCCC)COC1OC(CO)C(O)C(OS(=O)(=O)O)C1O. The third-order valence-corrected chi connectivity index (χ3v) is 11.8. The summed E-state index contributed by atoms with van der Waals surface area (Å²) in [7, 11) is -5.06. The average molecular weight is 891 g/mol. The molecule has 0 radical (unpaired) electrons. The van der Waals surface area contributed by atoms with Gasteiger partial charge in [0.2, 0.25) is 0 Å². The Labute approximate surface area is 371 Å². The van der Waals surface area contributed by atoms with Crippen molar-refractivity contribution >= 4 is 16.4 Å². The molecule has 360 valence electrons. The van der Waals surface area contributed by atoms with E-state index < -0.39 is 59.8 Å². The van der Waals surface area contributed by atoms with Crippen molar-refractivity contribution < 1.29 is 56.2 Å². The Morgan fingerprint density at radius 1 is 0.623 bits per heavy atom. The molecule has 6 unspecified atom stereocenters.